The number of aliphatic hydroxyl groups is 1. The molecule has 0 aromatic rings. The molecule has 0 rings (SSSR count). The molecule has 1 amide bonds. The largest absolute Gasteiger partial charge is 0.480 e. The lowest BCUT2D eigenvalue weighted by Gasteiger charge is -2.13. The van der Waals surface area contributed by atoms with E-state index in [1.165, 1.54) is 0 Å². The molecule has 5 heteroatoms. The minimum absolute atomic E-state index is 0.0444. The highest BCUT2D eigenvalue weighted by Crippen LogP contribution is 2.03. The second kappa shape index (κ2) is 7.23. The van der Waals surface area contributed by atoms with Crippen molar-refractivity contribution in [1.29, 1.82) is 0 Å². The summed E-state index contributed by atoms with van der Waals surface area (Å²) in [7, 11) is 0. The molecule has 5 nitrogen and oxygen atoms in total. The third-order valence-electron chi connectivity index (χ3n) is 2.00. The highest BCUT2D eigenvalue weighted by molar-refractivity contribution is 5.83. The van der Waals surface area contributed by atoms with Crippen LogP contribution < -0.4 is 5.32 Å². The van der Waals surface area contributed by atoms with Gasteiger partial charge in [0.1, 0.15) is 6.04 Å². The van der Waals surface area contributed by atoms with E-state index in [2.05, 4.69) is 5.32 Å². The number of carbonyl (C=O) groups is 2. The molecule has 1 atom stereocenters. The van der Waals surface area contributed by atoms with E-state index in [1.807, 2.05) is 13.8 Å². The molecular formula is C10H19NO4. The summed E-state index contributed by atoms with van der Waals surface area (Å²) >= 11 is 0. The van der Waals surface area contributed by atoms with E-state index in [-0.39, 0.29) is 18.9 Å². The first-order valence-corrected chi connectivity index (χ1v) is 5.10. The fourth-order valence-electron chi connectivity index (χ4n) is 1.07. The van der Waals surface area contributed by atoms with Gasteiger partial charge in [0.2, 0.25) is 5.91 Å². The van der Waals surface area contributed by atoms with Crippen molar-refractivity contribution >= 4 is 11.9 Å². The molecule has 0 aromatic heterocycles. The summed E-state index contributed by atoms with van der Waals surface area (Å²) in [4.78, 5) is 21.9. The van der Waals surface area contributed by atoms with Gasteiger partial charge in [-0.3, -0.25) is 4.79 Å². The lowest BCUT2D eigenvalue weighted by Crippen LogP contribution is -2.41. The Morgan fingerprint density at radius 2 is 1.87 bits per heavy atom. The standard InChI is InChI=1S/C10H19NO4/c1-7(2)3-4-9(13)11-8(5-6-12)10(14)15/h7-8,12H,3-6H2,1-2H3,(H,11,13)(H,14,15)/t8-/m1/s1. The molecule has 0 fully saturated rings. The number of amides is 1. The quantitative estimate of drug-likeness (QED) is 0.575. The van der Waals surface area contributed by atoms with Crippen molar-refractivity contribution in [3.05, 3.63) is 0 Å². The monoisotopic (exact) mass is 217 g/mol. The van der Waals surface area contributed by atoms with Crippen LogP contribution in [-0.2, 0) is 9.59 Å². The second-order valence-corrected chi connectivity index (χ2v) is 3.90. The zero-order valence-corrected chi connectivity index (χ0v) is 9.19. The van der Waals surface area contributed by atoms with Gasteiger partial charge in [-0.25, -0.2) is 4.79 Å². The predicted octanol–water partition coefficient (Wildman–Crippen LogP) is 0.374. The number of hydrogen-bond donors (Lipinski definition) is 3. The minimum atomic E-state index is -1.11. The molecule has 0 aliphatic rings. The first-order valence-electron chi connectivity index (χ1n) is 5.10. The smallest absolute Gasteiger partial charge is 0.326 e. The van der Waals surface area contributed by atoms with E-state index in [9.17, 15) is 9.59 Å². The third-order valence-corrected chi connectivity index (χ3v) is 2.00. The maximum absolute atomic E-state index is 11.3. The SMILES string of the molecule is CC(C)CCC(=O)N[C@H](CCO)C(=O)O. The maximum Gasteiger partial charge on any atom is 0.326 e. The summed E-state index contributed by atoms with van der Waals surface area (Å²) < 4.78 is 0. The Bertz CT molecular complexity index is 215. The van der Waals surface area contributed by atoms with Gasteiger partial charge in [-0.2, -0.15) is 0 Å². The van der Waals surface area contributed by atoms with Crippen LogP contribution >= 0.6 is 0 Å². The number of aliphatic carboxylic acids is 1. The van der Waals surface area contributed by atoms with Gasteiger partial charge in [-0.1, -0.05) is 13.8 Å². The first kappa shape index (κ1) is 13.9. The molecule has 0 bridgehead atoms. The number of hydrogen-bond acceptors (Lipinski definition) is 3. The molecule has 0 aliphatic heterocycles. The van der Waals surface area contributed by atoms with Gasteiger partial charge in [0.15, 0.2) is 0 Å². The van der Waals surface area contributed by atoms with Crippen molar-refractivity contribution in [3.8, 4) is 0 Å². The lowest BCUT2D eigenvalue weighted by molar-refractivity contribution is -0.142. The van der Waals surface area contributed by atoms with E-state index in [4.69, 9.17) is 10.2 Å². The number of carboxylic acids is 1. The Hall–Kier alpha value is -1.10. The molecule has 0 saturated heterocycles. The molecule has 0 aliphatic carbocycles. The Labute approximate surface area is 89.5 Å². The van der Waals surface area contributed by atoms with Crippen molar-refractivity contribution in [2.24, 2.45) is 5.92 Å². The van der Waals surface area contributed by atoms with E-state index >= 15 is 0 Å². The molecule has 88 valence electrons. The van der Waals surface area contributed by atoms with E-state index in [1.54, 1.807) is 0 Å². The van der Waals surface area contributed by atoms with Gasteiger partial charge in [0.25, 0.3) is 0 Å². The second-order valence-electron chi connectivity index (χ2n) is 3.90. The lowest BCUT2D eigenvalue weighted by atomic mass is 10.1. The van der Waals surface area contributed by atoms with Crippen LogP contribution in [0.2, 0.25) is 0 Å². The summed E-state index contributed by atoms with van der Waals surface area (Å²) in [5, 5.41) is 19.7. The number of rotatable bonds is 7. The fraction of sp³-hybridized carbons (Fsp3) is 0.800. The molecule has 0 unspecified atom stereocenters. The van der Waals surface area contributed by atoms with Crippen LogP contribution in [0.15, 0.2) is 0 Å². The maximum atomic E-state index is 11.3. The Balaban J connectivity index is 3.94. The molecular weight excluding hydrogens is 198 g/mol. The van der Waals surface area contributed by atoms with Crippen LogP contribution in [-0.4, -0.2) is 34.7 Å². The van der Waals surface area contributed by atoms with Crippen LogP contribution in [0.3, 0.4) is 0 Å². The van der Waals surface area contributed by atoms with Gasteiger partial charge < -0.3 is 15.5 Å². The molecule has 3 N–H and O–H groups in total. The van der Waals surface area contributed by atoms with E-state index in [0.29, 0.717) is 12.3 Å². The highest BCUT2D eigenvalue weighted by atomic mass is 16.4. The normalized spacial score (nSPS) is 12.5. The van der Waals surface area contributed by atoms with E-state index in [0.717, 1.165) is 6.42 Å². The Kier molecular flexibility index (Phi) is 6.70. The minimum Gasteiger partial charge on any atom is -0.480 e. The molecule has 15 heavy (non-hydrogen) atoms. The third kappa shape index (κ3) is 6.90. The average Bonchev–Trinajstić information content (AvgIpc) is 2.14. The first-order chi connectivity index (χ1) is 6.97. The molecule has 0 heterocycles. The summed E-state index contributed by atoms with van der Waals surface area (Å²) in [6, 6.07) is -0.977. The Morgan fingerprint density at radius 1 is 1.27 bits per heavy atom. The number of carboxylic acid groups (broad SMARTS) is 1. The van der Waals surface area contributed by atoms with E-state index < -0.39 is 12.0 Å². The van der Waals surface area contributed by atoms with Crippen molar-refractivity contribution in [3.63, 3.8) is 0 Å². The van der Waals surface area contributed by atoms with Crippen molar-refractivity contribution in [1.82, 2.24) is 5.32 Å². The van der Waals surface area contributed by atoms with Crippen LogP contribution in [0.1, 0.15) is 33.1 Å². The molecule has 0 radical (unpaired) electrons. The highest BCUT2D eigenvalue weighted by Gasteiger charge is 2.18. The average molecular weight is 217 g/mol. The summed E-state index contributed by atoms with van der Waals surface area (Å²) in [5.74, 6) is -0.969. The zero-order valence-electron chi connectivity index (χ0n) is 9.19. The van der Waals surface area contributed by atoms with Gasteiger partial charge in [-0.15, -0.1) is 0 Å². The summed E-state index contributed by atoms with van der Waals surface area (Å²) in [6.45, 7) is 3.74. The van der Waals surface area contributed by atoms with Gasteiger partial charge in [0, 0.05) is 19.4 Å². The zero-order chi connectivity index (χ0) is 11.8. The number of nitrogens with one attached hydrogen (secondary N) is 1. The van der Waals surface area contributed by atoms with Crippen molar-refractivity contribution in [2.45, 2.75) is 39.2 Å². The fourth-order valence-corrected chi connectivity index (χ4v) is 1.07. The van der Waals surface area contributed by atoms with Crippen LogP contribution in [0.25, 0.3) is 0 Å². The number of aliphatic hydroxyl groups excluding tert-OH is 1. The molecule has 0 spiro atoms. The number of carbonyl (C=O) groups excluding carboxylic acids is 1. The van der Waals surface area contributed by atoms with Gasteiger partial charge >= 0.3 is 5.97 Å². The van der Waals surface area contributed by atoms with Crippen molar-refractivity contribution < 1.29 is 19.8 Å². The Morgan fingerprint density at radius 3 is 2.27 bits per heavy atom. The van der Waals surface area contributed by atoms with Gasteiger partial charge in [-0.05, 0) is 12.3 Å². The molecule has 0 saturated carbocycles. The van der Waals surface area contributed by atoms with Crippen molar-refractivity contribution in [2.75, 3.05) is 6.61 Å². The molecule has 0 aromatic carbocycles. The topological polar surface area (TPSA) is 86.6 Å². The summed E-state index contributed by atoms with van der Waals surface area (Å²) in [6.07, 6.45) is 1.10. The van der Waals surface area contributed by atoms with Gasteiger partial charge in [0.05, 0.1) is 0 Å². The van der Waals surface area contributed by atoms with Crippen LogP contribution in [0.5, 0.6) is 0 Å². The van der Waals surface area contributed by atoms with Crippen LogP contribution in [0, 0.1) is 5.92 Å². The summed E-state index contributed by atoms with van der Waals surface area (Å²) in [5.41, 5.74) is 0. The van der Waals surface area contributed by atoms with Crippen LogP contribution in [0.4, 0.5) is 0 Å². The predicted molar refractivity (Wildman–Crippen MR) is 55.3 cm³/mol.